The van der Waals surface area contributed by atoms with Gasteiger partial charge in [0.1, 0.15) is 21.8 Å². The van der Waals surface area contributed by atoms with Crippen LogP contribution in [0, 0.1) is 6.92 Å². The number of aryl methyl sites for hydroxylation is 1. The van der Waals surface area contributed by atoms with Crippen molar-refractivity contribution in [2.45, 2.75) is 56.0 Å². The predicted molar refractivity (Wildman–Crippen MR) is 162 cm³/mol. The van der Waals surface area contributed by atoms with Gasteiger partial charge in [0, 0.05) is 30.9 Å². The summed E-state index contributed by atoms with van der Waals surface area (Å²) in [5, 5.41) is 6.13. The molecule has 0 bridgehead atoms. The third-order valence-electron chi connectivity index (χ3n) is 7.83. The predicted octanol–water partition coefficient (Wildman–Crippen LogP) is 5.93. The van der Waals surface area contributed by atoms with Crippen molar-refractivity contribution in [1.82, 2.24) is 20.5 Å². The third-order valence-corrected chi connectivity index (χ3v) is 9.12. The maximum Gasteiger partial charge on any atom is 0.327 e. The van der Waals surface area contributed by atoms with Gasteiger partial charge in [-0.2, -0.15) is 0 Å². The average molecular weight is 602 g/mol. The van der Waals surface area contributed by atoms with Crippen LogP contribution >= 0.6 is 11.8 Å². The molecule has 4 amide bonds. The van der Waals surface area contributed by atoms with Crippen LogP contribution < -0.4 is 20.3 Å². The number of allylic oxidation sites excluding steroid dienone is 1. The molecule has 9 nitrogen and oxygen atoms in total. The number of nitrogens with zero attached hydrogens (tertiary/aromatic N) is 3. The summed E-state index contributed by atoms with van der Waals surface area (Å²) in [7, 11) is 0. The van der Waals surface area contributed by atoms with Crippen LogP contribution in [0.15, 0.2) is 77.2 Å². The summed E-state index contributed by atoms with van der Waals surface area (Å²) in [5.74, 6) is -0.288. The molecule has 43 heavy (non-hydrogen) atoms. The number of rotatable bonds is 6. The van der Waals surface area contributed by atoms with Crippen molar-refractivity contribution in [1.29, 1.82) is 0 Å². The highest BCUT2D eigenvalue weighted by molar-refractivity contribution is 8.01. The second-order valence-electron chi connectivity index (χ2n) is 11.1. The molecule has 0 radical (unpaired) electrons. The molecular formula is C32H32FN5O4S. The minimum absolute atomic E-state index is 0.229. The number of hydrogen-bond acceptors (Lipinski definition) is 6. The Hall–Kier alpha value is -4.38. The first-order valence-electron chi connectivity index (χ1n) is 14.2. The number of hydrogen-bond donors (Lipinski definition) is 2. The van der Waals surface area contributed by atoms with Crippen molar-refractivity contribution >= 4 is 41.0 Å². The molecule has 2 unspecified atom stereocenters. The Morgan fingerprint density at radius 3 is 2.63 bits per heavy atom. The normalized spacial score (nSPS) is 20.7. The number of para-hydroxylation sites is 1. The van der Waals surface area contributed by atoms with Gasteiger partial charge in [-0.25, -0.2) is 14.2 Å². The molecule has 1 saturated heterocycles. The van der Waals surface area contributed by atoms with Crippen LogP contribution in [0.1, 0.15) is 43.9 Å². The summed E-state index contributed by atoms with van der Waals surface area (Å²) < 4.78 is 20.3. The number of aromatic nitrogens is 1. The van der Waals surface area contributed by atoms with E-state index in [0.717, 1.165) is 11.1 Å². The zero-order valence-corrected chi connectivity index (χ0v) is 24.9. The standard InChI is InChI=1S/C32H32FN5O4S/c1-18(2)26(33)31(40)37-15-7-8-20(17-37)35-29(39)28-27-25-24(13-14-34-30(25)43-28)38(32(41)36-27)23-12-11-22(16-19(23)3)42-21-9-5-4-6-10-21/h4-6,9-14,16,20,27-28H,7-8,15,17H2,1-3H3,(H,35,39)(H,36,41)/t20?,27?,28-/m1/s1. The first-order chi connectivity index (χ1) is 20.7. The number of pyridine rings is 1. The summed E-state index contributed by atoms with van der Waals surface area (Å²) in [4.78, 5) is 47.3. The molecule has 3 aliphatic rings. The van der Waals surface area contributed by atoms with Crippen molar-refractivity contribution in [2.75, 3.05) is 18.0 Å². The van der Waals surface area contributed by atoms with Crippen molar-refractivity contribution in [3.05, 3.63) is 83.3 Å². The lowest BCUT2D eigenvalue weighted by molar-refractivity contribution is -0.131. The van der Waals surface area contributed by atoms with Gasteiger partial charge in [0.05, 0.1) is 17.4 Å². The smallest absolute Gasteiger partial charge is 0.327 e. The van der Waals surface area contributed by atoms with Gasteiger partial charge in [-0.05, 0) is 81.1 Å². The van der Waals surface area contributed by atoms with E-state index in [1.807, 2.05) is 55.5 Å². The molecule has 4 heterocycles. The topological polar surface area (TPSA) is 104 Å². The summed E-state index contributed by atoms with van der Waals surface area (Å²) in [6.45, 7) is 5.71. The Morgan fingerprint density at radius 2 is 1.88 bits per heavy atom. The molecule has 6 rings (SSSR count). The van der Waals surface area contributed by atoms with Crippen LogP contribution in [-0.2, 0) is 9.59 Å². The largest absolute Gasteiger partial charge is 0.457 e. The number of nitrogens with one attached hydrogen (secondary N) is 2. The highest BCUT2D eigenvalue weighted by Crippen LogP contribution is 2.51. The van der Waals surface area contributed by atoms with Crippen LogP contribution in [0.5, 0.6) is 11.5 Å². The molecular weight excluding hydrogens is 569 g/mol. The fourth-order valence-electron chi connectivity index (χ4n) is 5.75. The molecule has 3 aromatic rings. The Bertz CT molecular complexity index is 1630. The Balaban J connectivity index is 1.20. The Kier molecular flexibility index (Phi) is 7.83. The number of ether oxygens (including phenoxy) is 1. The molecule has 2 N–H and O–H groups in total. The van der Waals surface area contributed by atoms with Crippen molar-refractivity contribution in [3.8, 4) is 11.5 Å². The molecule has 0 saturated carbocycles. The van der Waals surface area contributed by atoms with E-state index in [4.69, 9.17) is 4.74 Å². The highest BCUT2D eigenvalue weighted by Gasteiger charge is 2.47. The van der Waals surface area contributed by atoms with E-state index in [9.17, 15) is 18.8 Å². The number of anilines is 2. The third kappa shape index (κ3) is 5.56. The number of amides is 4. The van der Waals surface area contributed by atoms with Gasteiger partial charge in [-0.3, -0.25) is 14.5 Å². The summed E-state index contributed by atoms with van der Waals surface area (Å²) in [5.41, 5.74) is 3.33. The summed E-state index contributed by atoms with van der Waals surface area (Å²) >= 11 is 1.31. The van der Waals surface area contributed by atoms with Gasteiger partial charge >= 0.3 is 6.03 Å². The number of carbonyl (C=O) groups excluding carboxylic acids is 3. The molecule has 2 aromatic carbocycles. The number of benzene rings is 2. The lowest BCUT2D eigenvalue weighted by Gasteiger charge is -2.36. The second-order valence-corrected chi connectivity index (χ2v) is 12.3. The number of carbonyl (C=O) groups is 3. The van der Waals surface area contributed by atoms with Crippen molar-refractivity contribution in [2.24, 2.45) is 0 Å². The number of piperidine rings is 1. The quantitative estimate of drug-likeness (QED) is 0.340. The van der Waals surface area contributed by atoms with Gasteiger partial charge in [0.15, 0.2) is 5.83 Å². The molecule has 222 valence electrons. The van der Waals surface area contributed by atoms with Gasteiger partial charge < -0.3 is 20.3 Å². The lowest BCUT2D eigenvalue weighted by Crippen LogP contribution is -2.53. The van der Waals surface area contributed by atoms with E-state index in [1.54, 1.807) is 31.0 Å². The molecule has 3 aliphatic heterocycles. The minimum atomic E-state index is -0.754. The molecule has 0 aliphatic carbocycles. The summed E-state index contributed by atoms with van der Waals surface area (Å²) in [6.07, 6.45) is 2.97. The van der Waals surface area contributed by atoms with E-state index >= 15 is 0 Å². The summed E-state index contributed by atoms with van der Waals surface area (Å²) in [6, 6.07) is 15.6. The highest BCUT2D eigenvalue weighted by atomic mass is 32.2. The average Bonchev–Trinajstić information content (AvgIpc) is 3.37. The number of likely N-dealkylation sites (tertiary alicyclic amines) is 1. The SMILES string of the molecule is CC(C)=C(F)C(=O)N1CCCC(NC(=O)[C@@H]2Sc3nccc4c3C2NC(=O)N4c2ccc(Oc3ccccc3)cc2C)C1. The van der Waals surface area contributed by atoms with E-state index in [1.165, 1.54) is 16.7 Å². The molecule has 1 aromatic heterocycles. The van der Waals surface area contributed by atoms with E-state index < -0.39 is 23.0 Å². The van der Waals surface area contributed by atoms with Gasteiger partial charge in [-0.15, -0.1) is 0 Å². The van der Waals surface area contributed by atoms with Crippen LogP contribution in [0.3, 0.4) is 0 Å². The lowest BCUT2D eigenvalue weighted by atomic mass is 9.98. The molecule has 3 atom stereocenters. The zero-order valence-electron chi connectivity index (χ0n) is 24.1. The van der Waals surface area contributed by atoms with Crippen LogP contribution in [-0.4, -0.2) is 52.1 Å². The monoisotopic (exact) mass is 601 g/mol. The maximum absolute atomic E-state index is 14.3. The molecule has 0 spiro atoms. The first kappa shape index (κ1) is 28.7. The van der Waals surface area contributed by atoms with E-state index in [2.05, 4.69) is 15.6 Å². The van der Waals surface area contributed by atoms with Crippen molar-refractivity contribution < 1.29 is 23.5 Å². The van der Waals surface area contributed by atoms with Gasteiger partial charge in [-0.1, -0.05) is 30.0 Å². The Labute approximate surface area is 253 Å². The zero-order chi connectivity index (χ0) is 30.2. The fourth-order valence-corrected chi connectivity index (χ4v) is 6.98. The Morgan fingerprint density at radius 1 is 1.09 bits per heavy atom. The number of urea groups is 1. The van der Waals surface area contributed by atoms with E-state index in [-0.39, 0.29) is 24.5 Å². The van der Waals surface area contributed by atoms with Gasteiger partial charge in [0.25, 0.3) is 5.91 Å². The fraction of sp³-hybridized carbons (Fsp3) is 0.312. The van der Waals surface area contributed by atoms with Crippen LogP contribution in [0.4, 0.5) is 20.6 Å². The molecule has 11 heteroatoms. The number of thioether (sulfide) groups is 1. The van der Waals surface area contributed by atoms with Crippen LogP contribution in [0.2, 0.25) is 0 Å². The van der Waals surface area contributed by atoms with Gasteiger partial charge in [0.2, 0.25) is 5.91 Å². The van der Waals surface area contributed by atoms with Crippen molar-refractivity contribution in [3.63, 3.8) is 0 Å². The number of halogens is 1. The minimum Gasteiger partial charge on any atom is -0.457 e. The van der Waals surface area contributed by atoms with E-state index in [0.29, 0.717) is 52.9 Å². The first-order valence-corrected chi connectivity index (χ1v) is 15.1. The maximum atomic E-state index is 14.3. The molecule has 1 fully saturated rings. The second kappa shape index (κ2) is 11.7. The van der Waals surface area contributed by atoms with Crippen LogP contribution in [0.25, 0.3) is 0 Å².